The second-order valence-corrected chi connectivity index (χ2v) is 3.48. The highest BCUT2D eigenvalue weighted by Crippen LogP contribution is 2.27. The molecule has 0 heterocycles. The molecule has 0 bridgehead atoms. The Hall–Kier alpha value is -0.0800. The Morgan fingerprint density at radius 3 is 2.55 bits per heavy atom. The molecule has 66 valence electrons. The third-order valence-electron chi connectivity index (χ3n) is 2.60. The van der Waals surface area contributed by atoms with E-state index < -0.39 is 0 Å². The average molecular weight is 158 g/mol. The van der Waals surface area contributed by atoms with Crippen LogP contribution in [0.25, 0.3) is 0 Å². The molecule has 0 spiro atoms. The minimum absolute atomic E-state index is 0.0877. The highest BCUT2D eigenvalue weighted by Gasteiger charge is 2.21. The van der Waals surface area contributed by atoms with Crippen molar-refractivity contribution in [2.24, 2.45) is 5.92 Å². The van der Waals surface area contributed by atoms with Gasteiger partial charge in [0.2, 0.25) is 0 Å². The monoisotopic (exact) mass is 158 g/mol. The van der Waals surface area contributed by atoms with Crippen LogP contribution in [0.3, 0.4) is 0 Å². The fourth-order valence-corrected chi connectivity index (χ4v) is 1.88. The Kier molecular flexibility index (Phi) is 3.87. The average Bonchev–Trinajstić information content (AvgIpc) is 2.03. The van der Waals surface area contributed by atoms with Crippen molar-refractivity contribution in [1.82, 2.24) is 0 Å². The third kappa shape index (κ3) is 2.80. The largest absolute Gasteiger partial charge is 0.396 e. The molecule has 0 saturated heterocycles. The molecule has 2 N–H and O–H groups in total. The Labute approximate surface area is 68.2 Å². The molecule has 2 heteroatoms. The zero-order valence-electron chi connectivity index (χ0n) is 7.00. The van der Waals surface area contributed by atoms with E-state index in [4.69, 9.17) is 5.11 Å². The van der Waals surface area contributed by atoms with Gasteiger partial charge in [0.05, 0.1) is 6.10 Å². The third-order valence-corrected chi connectivity index (χ3v) is 2.60. The lowest BCUT2D eigenvalue weighted by molar-refractivity contribution is 0.0614. The van der Waals surface area contributed by atoms with Crippen LogP contribution >= 0.6 is 0 Å². The van der Waals surface area contributed by atoms with E-state index in [0.717, 1.165) is 25.7 Å². The molecule has 1 aliphatic carbocycles. The van der Waals surface area contributed by atoms with E-state index in [1.807, 2.05) is 0 Å². The van der Waals surface area contributed by atoms with Crippen LogP contribution in [-0.2, 0) is 0 Å². The van der Waals surface area contributed by atoms with E-state index in [1.54, 1.807) is 0 Å². The van der Waals surface area contributed by atoms with Crippen molar-refractivity contribution in [3.8, 4) is 0 Å². The van der Waals surface area contributed by atoms with Crippen LogP contribution in [0.4, 0.5) is 0 Å². The maximum absolute atomic E-state index is 9.51. The molecule has 0 aliphatic heterocycles. The van der Waals surface area contributed by atoms with Gasteiger partial charge in [0.1, 0.15) is 0 Å². The Morgan fingerprint density at radius 1 is 1.18 bits per heavy atom. The first-order chi connectivity index (χ1) is 5.34. The van der Waals surface area contributed by atoms with Gasteiger partial charge in [-0.3, -0.25) is 0 Å². The molecule has 11 heavy (non-hydrogen) atoms. The number of aliphatic hydroxyl groups is 2. The Balaban J connectivity index is 2.18. The quantitative estimate of drug-likeness (QED) is 0.650. The molecule has 1 aliphatic rings. The molecule has 1 fully saturated rings. The summed E-state index contributed by atoms with van der Waals surface area (Å²) in [6, 6.07) is 0. The molecule has 0 aromatic carbocycles. The number of hydrogen-bond acceptors (Lipinski definition) is 2. The van der Waals surface area contributed by atoms with E-state index in [-0.39, 0.29) is 12.7 Å². The molecule has 2 atom stereocenters. The molecule has 0 aromatic rings. The summed E-state index contributed by atoms with van der Waals surface area (Å²) in [6.07, 6.45) is 6.32. The van der Waals surface area contributed by atoms with Crippen molar-refractivity contribution in [2.75, 3.05) is 6.61 Å². The lowest BCUT2D eigenvalue weighted by Crippen LogP contribution is -2.24. The lowest BCUT2D eigenvalue weighted by Gasteiger charge is -2.27. The molecule has 0 radical (unpaired) electrons. The van der Waals surface area contributed by atoms with Crippen molar-refractivity contribution >= 4 is 0 Å². The van der Waals surface area contributed by atoms with Gasteiger partial charge in [-0.25, -0.2) is 0 Å². The van der Waals surface area contributed by atoms with Crippen molar-refractivity contribution in [3.63, 3.8) is 0 Å². The molecule has 0 amide bonds. The van der Waals surface area contributed by atoms with Gasteiger partial charge in [-0.2, -0.15) is 0 Å². The van der Waals surface area contributed by atoms with Crippen molar-refractivity contribution in [2.45, 2.75) is 44.6 Å². The molecule has 2 nitrogen and oxygen atoms in total. The van der Waals surface area contributed by atoms with E-state index in [0.29, 0.717) is 5.92 Å². The van der Waals surface area contributed by atoms with E-state index in [2.05, 4.69) is 0 Å². The van der Waals surface area contributed by atoms with Crippen molar-refractivity contribution in [3.05, 3.63) is 0 Å². The normalized spacial score (nSPS) is 32.2. The van der Waals surface area contributed by atoms with Gasteiger partial charge in [0.15, 0.2) is 0 Å². The van der Waals surface area contributed by atoms with Crippen LogP contribution < -0.4 is 0 Å². The Morgan fingerprint density at radius 2 is 1.91 bits per heavy atom. The molecule has 1 saturated carbocycles. The molecule has 2 unspecified atom stereocenters. The summed E-state index contributed by atoms with van der Waals surface area (Å²) in [5, 5.41) is 18.1. The van der Waals surface area contributed by atoms with Crippen LogP contribution in [0.1, 0.15) is 38.5 Å². The van der Waals surface area contributed by atoms with Gasteiger partial charge in [0, 0.05) is 6.61 Å². The first-order valence-corrected chi connectivity index (χ1v) is 4.63. The Bertz CT molecular complexity index is 104. The summed E-state index contributed by atoms with van der Waals surface area (Å²) >= 11 is 0. The maximum Gasteiger partial charge on any atom is 0.0568 e. The van der Waals surface area contributed by atoms with Crippen LogP contribution in [0.5, 0.6) is 0 Å². The standard InChI is InChI=1S/C9H18O2/c10-7-3-5-8-4-1-2-6-9(8)11/h8-11H,1-7H2. The summed E-state index contributed by atoms with van der Waals surface area (Å²) in [5.41, 5.74) is 0. The topological polar surface area (TPSA) is 40.5 Å². The summed E-state index contributed by atoms with van der Waals surface area (Å²) in [5.74, 6) is 0.468. The van der Waals surface area contributed by atoms with Crippen molar-refractivity contribution < 1.29 is 10.2 Å². The van der Waals surface area contributed by atoms with E-state index >= 15 is 0 Å². The zero-order valence-corrected chi connectivity index (χ0v) is 7.00. The van der Waals surface area contributed by atoms with E-state index in [1.165, 1.54) is 12.8 Å². The van der Waals surface area contributed by atoms with E-state index in [9.17, 15) is 5.11 Å². The summed E-state index contributed by atoms with van der Waals surface area (Å²) in [4.78, 5) is 0. The molecular formula is C9H18O2. The predicted octanol–water partition coefficient (Wildman–Crippen LogP) is 1.31. The van der Waals surface area contributed by atoms with Crippen LogP contribution in [-0.4, -0.2) is 22.9 Å². The lowest BCUT2D eigenvalue weighted by atomic mass is 9.84. The van der Waals surface area contributed by atoms with Crippen LogP contribution in [0.15, 0.2) is 0 Å². The number of aliphatic hydroxyl groups excluding tert-OH is 2. The summed E-state index contributed by atoms with van der Waals surface area (Å²) in [6.45, 7) is 0.267. The van der Waals surface area contributed by atoms with Gasteiger partial charge in [-0.1, -0.05) is 12.8 Å². The zero-order chi connectivity index (χ0) is 8.10. The minimum atomic E-state index is -0.0877. The van der Waals surface area contributed by atoms with Crippen LogP contribution in [0.2, 0.25) is 0 Å². The predicted molar refractivity (Wildman–Crippen MR) is 44.3 cm³/mol. The molecular weight excluding hydrogens is 140 g/mol. The second-order valence-electron chi connectivity index (χ2n) is 3.48. The second kappa shape index (κ2) is 4.73. The minimum Gasteiger partial charge on any atom is -0.396 e. The molecule has 0 aromatic heterocycles. The van der Waals surface area contributed by atoms with Crippen molar-refractivity contribution in [1.29, 1.82) is 0 Å². The highest BCUT2D eigenvalue weighted by atomic mass is 16.3. The maximum atomic E-state index is 9.51. The smallest absolute Gasteiger partial charge is 0.0568 e. The van der Waals surface area contributed by atoms with Crippen LogP contribution in [0, 0.1) is 5.92 Å². The molecule has 1 rings (SSSR count). The summed E-state index contributed by atoms with van der Waals surface area (Å²) < 4.78 is 0. The van der Waals surface area contributed by atoms with Gasteiger partial charge in [-0.05, 0) is 31.6 Å². The summed E-state index contributed by atoms with van der Waals surface area (Å²) in [7, 11) is 0. The van der Waals surface area contributed by atoms with Gasteiger partial charge in [-0.15, -0.1) is 0 Å². The number of hydrogen-bond donors (Lipinski definition) is 2. The first-order valence-electron chi connectivity index (χ1n) is 4.63. The van der Waals surface area contributed by atoms with Gasteiger partial charge < -0.3 is 10.2 Å². The fraction of sp³-hybridized carbons (Fsp3) is 1.00. The highest BCUT2D eigenvalue weighted by molar-refractivity contribution is 4.73. The van der Waals surface area contributed by atoms with Gasteiger partial charge >= 0.3 is 0 Å². The SMILES string of the molecule is OCCCC1CCCCC1O. The van der Waals surface area contributed by atoms with Gasteiger partial charge in [0.25, 0.3) is 0 Å². The first kappa shape index (κ1) is 9.01. The fourth-order valence-electron chi connectivity index (χ4n) is 1.88. The number of rotatable bonds is 3.